The van der Waals surface area contributed by atoms with E-state index in [1.165, 1.54) is 5.01 Å². The third-order valence-electron chi connectivity index (χ3n) is 4.96. The second-order valence-corrected chi connectivity index (χ2v) is 6.75. The van der Waals surface area contributed by atoms with Crippen LogP contribution in [0.5, 0.6) is 17.2 Å². The second-order valence-electron chi connectivity index (χ2n) is 6.75. The summed E-state index contributed by atoms with van der Waals surface area (Å²) in [6, 6.07) is 22.6. The van der Waals surface area contributed by atoms with E-state index in [-0.39, 0.29) is 5.91 Å². The Bertz CT molecular complexity index is 1150. The molecule has 6 nitrogen and oxygen atoms in total. The highest BCUT2D eigenvalue weighted by molar-refractivity contribution is 6.37. The average molecular weight is 414 g/mol. The van der Waals surface area contributed by atoms with Crippen LogP contribution in [0.15, 0.2) is 83.5 Å². The van der Waals surface area contributed by atoms with Gasteiger partial charge in [0.25, 0.3) is 5.91 Å². The van der Waals surface area contributed by atoms with Gasteiger partial charge in [0.1, 0.15) is 5.71 Å². The molecule has 0 bridgehead atoms. The van der Waals surface area contributed by atoms with Crippen LogP contribution in [-0.4, -0.2) is 32.9 Å². The maximum Gasteiger partial charge on any atom is 0.281 e. The third kappa shape index (κ3) is 3.75. The number of carbonyl (C=O) groups excluding carboxylic acids is 1. The Balaban J connectivity index is 1.87. The molecule has 0 N–H and O–H groups in total. The Morgan fingerprint density at radius 2 is 1.42 bits per heavy atom. The molecule has 1 aliphatic rings. The Morgan fingerprint density at radius 3 is 2.03 bits per heavy atom. The number of hydrazone groups is 1. The van der Waals surface area contributed by atoms with Crippen LogP contribution in [-0.2, 0) is 4.79 Å². The fourth-order valence-electron chi connectivity index (χ4n) is 3.49. The van der Waals surface area contributed by atoms with Gasteiger partial charge < -0.3 is 14.2 Å². The summed E-state index contributed by atoms with van der Waals surface area (Å²) < 4.78 is 16.4. The first-order valence-corrected chi connectivity index (χ1v) is 9.72. The smallest absolute Gasteiger partial charge is 0.281 e. The van der Waals surface area contributed by atoms with Crippen molar-refractivity contribution in [3.05, 3.63) is 89.5 Å². The topological polar surface area (TPSA) is 60.4 Å². The van der Waals surface area contributed by atoms with Crippen molar-refractivity contribution in [2.75, 3.05) is 26.3 Å². The zero-order valence-corrected chi connectivity index (χ0v) is 17.5. The molecule has 1 aliphatic heterocycles. The van der Waals surface area contributed by atoms with Crippen molar-refractivity contribution < 1.29 is 19.0 Å². The Hall–Kier alpha value is -4.06. The number of hydrogen-bond donors (Lipinski definition) is 0. The molecule has 3 aromatic rings. The van der Waals surface area contributed by atoms with Gasteiger partial charge in [-0.3, -0.25) is 4.79 Å². The first kappa shape index (κ1) is 20.2. The number of rotatable bonds is 6. The minimum Gasteiger partial charge on any atom is -0.493 e. The number of amides is 1. The molecule has 1 amide bonds. The average Bonchev–Trinajstić information content (AvgIpc) is 3.15. The van der Waals surface area contributed by atoms with Crippen LogP contribution in [0.2, 0.25) is 0 Å². The van der Waals surface area contributed by atoms with Crippen LogP contribution in [0, 0.1) is 0 Å². The molecule has 0 saturated carbocycles. The van der Waals surface area contributed by atoms with Gasteiger partial charge in [0.2, 0.25) is 5.75 Å². The van der Waals surface area contributed by atoms with Gasteiger partial charge in [-0.1, -0.05) is 48.5 Å². The molecule has 0 aromatic heterocycles. The Labute approximate surface area is 181 Å². The van der Waals surface area contributed by atoms with Gasteiger partial charge in [0, 0.05) is 11.1 Å². The summed E-state index contributed by atoms with van der Waals surface area (Å²) in [6.45, 7) is 0. The van der Waals surface area contributed by atoms with Gasteiger partial charge in [0.15, 0.2) is 11.5 Å². The number of nitrogens with zero attached hydrogens (tertiary/aromatic N) is 2. The molecule has 0 fully saturated rings. The van der Waals surface area contributed by atoms with Crippen molar-refractivity contribution in [2.45, 2.75) is 0 Å². The van der Waals surface area contributed by atoms with Crippen molar-refractivity contribution in [2.24, 2.45) is 5.10 Å². The zero-order chi connectivity index (χ0) is 21.8. The van der Waals surface area contributed by atoms with Crippen LogP contribution in [0.25, 0.3) is 6.08 Å². The lowest BCUT2D eigenvalue weighted by Crippen LogP contribution is -2.21. The molecule has 0 aliphatic carbocycles. The van der Waals surface area contributed by atoms with E-state index in [1.807, 2.05) is 66.7 Å². The number of benzene rings is 3. The number of ether oxygens (including phenoxy) is 3. The summed E-state index contributed by atoms with van der Waals surface area (Å²) >= 11 is 0. The fraction of sp³-hybridized carbons (Fsp3) is 0.120. The van der Waals surface area contributed by atoms with E-state index in [2.05, 4.69) is 5.10 Å². The predicted octanol–water partition coefficient (Wildman–Crippen LogP) is 4.55. The maximum absolute atomic E-state index is 13.4. The van der Waals surface area contributed by atoms with Crippen LogP contribution in [0.4, 0.5) is 5.69 Å². The molecule has 1 heterocycles. The van der Waals surface area contributed by atoms with Crippen LogP contribution in [0.3, 0.4) is 0 Å². The number of carbonyl (C=O) groups is 1. The maximum atomic E-state index is 13.4. The number of anilines is 1. The first-order chi connectivity index (χ1) is 15.2. The molecule has 4 rings (SSSR count). The monoisotopic (exact) mass is 414 g/mol. The predicted molar refractivity (Wildman–Crippen MR) is 121 cm³/mol. The normalized spacial score (nSPS) is 14.5. The van der Waals surface area contributed by atoms with Crippen molar-refractivity contribution >= 4 is 23.4 Å². The summed E-state index contributed by atoms with van der Waals surface area (Å²) in [7, 11) is 4.66. The number of para-hydroxylation sites is 1. The number of methoxy groups -OCH3 is 3. The molecular formula is C25H22N2O4. The quantitative estimate of drug-likeness (QED) is 0.556. The summed E-state index contributed by atoms with van der Waals surface area (Å²) in [5, 5.41) is 6.07. The molecule has 0 radical (unpaired) electrons. The number of hydrogen-bond acceptors (Lipinski definition) is 5. The Kier molecular flexibility index (Phi) is 5.71. The minimum atomic E-state index is -0.220. The standard InChI is InChI=1S/C25H22N2O4/c1-29-21-15-14-18(23(30-2)24(21)31-3)16-20-22(17-10-6-4-7-11-17)26-27(25(20)28)19-12-8-5-9-13-19/h4-16H,1-3H3. The van der Waals surface area contributed by atoms with Crippen molar-refractivity contribution in [3.63, 3.8) is 0 Å². The van der Waals surface area contributed by atoms with Gasteiger partial charge in [-0.2, -0.15) is 10.1 Å². The van der Waals surface area contributed by atoms with E-state index in [0.717, 1.165) is 5.56 Å². The van der Waals surface area contributed by atoms with Gasteiger partial charge >= 0.3 is 0 Å². The molecule has 0 spiro atoms. The van der Waals surface area contributed by atoms with Crippen LogP contribution < -0.4 is 19.2 Å². The summed E-state index contributed by atoms with van der Waals surface area (Å²) in [6.07, 6.45) is 1.78. The van der Waals surface area contributed by atoms with Gasteiger partial charge in [-0.25, -0.2) is 0 Å². The van der Waals surface area contributed by atoms with Crippen molar-refractivity contribution in [3.8, 4) is 17.2 Å². The minimum absolute atomic E-state index is 0.220. The second kappa shape index (κ2) is 8.75. The lowest BCUT2D eigenvalue weighted by Gasteiger charge is -2.15. The summed E-state index contributed by atoms with van der Waals surface area (Å²) in [4.78, 5) is 13.4. The highest BCUT2D eigenvalue weighted by Gasteiger charge is 2.32. The van der Waals surface area contributed by atoms with E-state index >= 15 is 0 Å². The third-order valence-corrected chi connectivity index (χ3v) is 4.96. The zero-order valence-electron chi connectivity index (χ0n) is 17.5. The van der Waals surface area contributed by atoms with Crippen molar-refractivity contribution in [1.29, 1.82) is 0 Å². The molecule has 0 atom stereocenters. The highest BCUT2D eigenvalue weighted by atomic mass is 16.5. The van der Waals surface area contributed by atoms with Crippen molar-refractivity contribution in [1.82, 2.24) is 0 Å². The van der Waals surface area contributed by atoms with E-state index in [4.69, 9.17) is 14.2 Å². The van der Waals surface area contributed by atoms with E-state index in [1.54, 1.807) is 33.5 Å². The van der Waals surface area contributed by atoms with E-state index in [9.17, 15) is 4.79 Å². The molecule has 156 valence electrons. The van der Waals surface area contributed by atoms with Crippen LogP contribution in [0.1, 0.15) is 11.1 Å². The molecule has 6 heteroatoms. The molecule has 0 saturated heterocycles. The largest absolute Gasteiger partial charge is 0.493 e. The van der Waals surface area contributed by atoms with Gasteiger partial charge in [-0.05, 0) is 30.3 Å². The molecule has 0 unspecified atom stereocenters. The molecular weight excluding hydrogens is 392 g/mol. The molecule has 3 aromatic carbocycles. The van der Waals surface area contributed by atoms with E-state index in [0.29, 0.717) is 39.8 Å². The van der Waals surface area contributed by atoms with Gasteiger partial charge in [-0.15, -0.1) is 0 Å². The van der Waals surface area contributed by atoms with Crippen LogP contribution >= 0.6 is 0 Å². The highest BCUT2D eigenvalue weighted by Crippen LogP contribution is 2.41. The lowest BCUT2D eigenvalue weighted by atomic mass is 9.99. The van der Waals surface area contributed by atoms with E-state index < -0.39 is 0 Å². The first-order valence-electron chi connectivity index (χ1n) is 9.72. The summed E-state index contributed by atoms with van der Waals surface area (Å²) in [5.41, 5.74) is 3.28. The Morgan fingerprint density at radius 1 is 0.774 bits per heavy atom. The fourth-order valence-corrected chi connectivity index (χ4v) is 3.49. The van der Waals surface area contributed by atoms with Gasteiger partial charge in [0.05, 0.1) is 32.6 Å². The SMILES string of the molecule is COc1ccc(C=C2C(=O)N(c3ccccc3)N=C2c2ccccc2)c(OC)c1OC. The summed E-state index contributed by atoms with van der Waals surface area (Å²) in [5.74, 6) is 1.26. The molecule has 31 heavy (non-hydrogen) atoms. The lowest BCUT2D eigenvalue weighted by molar-refractivity contribution is -0.114.